The molecule has 0 N–H and O–H groups in total. The molecule has 2 aromatic carbocycles. The van der Waals surface area contributed by atoms with Gasteiger partial charge in [-0.3, -0.25) is 4.79 Å². The molecule has 2 aliphatic rings. The highest BCUT2D eigenvalue weighted by molar-refractivity contribution is 5.91. The van der Waals surface area contributed by atoms with Crippen LogP contribution < -0.4 is 0 Å². The van der Waals surface area contributed by atoms with Gasteiger partial charge in [0.15, 0.2) is 0 Å². The van der Waals surface area contributed by atoms with Crippen molar-refractivity contribution in [3.05, 3.63) is 82.2 Å². The van der Waals surface area contributed by atoms with Gasteiger partial charge in [-0.25, -0.2) is 4.39 Å². The molecule has 2 aromatic rings. The Labute approximate surface area is 165 Å². The molecule has 28 heavy (non-hydrogen) atoms. The molecule has 0 amide bonds. The van der Waals surface area contributed by atoms with Crippen LogP contribution in [0.5, 0.6) is 0 Å². The number of hydrogen-bond acceptors (Lipinski definition) is 2. The summed E-state index contributed by atoms with van der Waals surface area (Å²) in [4.78, 5) is 12.9. The van der Waals surface area contributed by atoms with Gasteiger partial charge in [0.2, 0.25) is 0 Å². The molecule has 1 atom stereocenters. The van der Waals surface area contributed by atoms with Crippen molar-refractivity contribution in [2.24, 2.45) is 0 Å². The predicted octanol–water partition coefficient (Wildman–Crippen LogP) is 5.77. The minimum absolute atomic E-state index is 0.294. The zero-order valence-corrected chi connectivity index (χ0v) is 16.4. The van der Waals surface area contributed by atoms with Crippen molar-refractivity contribution in [1.82, 2.24) is 0 Å². The SMILES string of the molecule is COC(=O)[C@]1(c2cccc(F)c2C)C=C(c2ccc3c(c2)C=CCCC3)CC1. The first-order valence-electron chi connectivity index (χ1n) is 9.91. The summed E-state index contributed by atoms with van der Waals surface area (Å²) in [5.74, 6) is -0.622. The molecule has 0 aliphatic heterocycles. The third-order valence-corrected chi connectivity index (χ3v) is 6.14. The summed E-state index contributed by atoms with van der Waals surface area (Å²) in [7, 11) is 1.40. The number of benzene rings is 2. The molecule has 0 aromatic heterocycles. The maximum atomic E-state index is 14.2. The summed E-state index contributed by atoms with van der Waals surface area (Å²) in [6, 6.07) is 11.5. The fourth-order valence-electron chi connectivity index (χ4n) is 4.56. The van der Waals surface area contributed by atoms with E-state index in [0.717, 1.165) is 30.4 Å². The number of fused-ring (bicyclic) bond motifs is 1. The Balaban J connectivity index is 1.81. The van der Waals surface area contributed by atoms with E-state index in [1.807, 2.05) is 12.1 Å². The third kappa shape index (κ3) is 3.09. The molecule has 0 radical (unpaired) electrons. The van der Waals surface area contributed by atoms with E-state index in [1.54, 1.807) is 13.0 Å². The summed E-state index contributed by atoms with van der Waals surface area (Å²) in [5.41, 5.74) is 5.16. The molecule has 2 nitrogen and oxygen atoms in total. The first-order valence-corrected chi connectivity index (χ1v) is 9.91. The van der Waals surface area contributed by atoms with Crippen LogP contribution in [-0.4, -0.2) is 13.1 Å². The molecular weight excluding hydrogens is 351 g/mol. The third-order valence-electron chi connectivity index (χ3n) is 6.14. The van der Waals surface area contributed by atoms with Gasteiger partial charge in [0.1, 0.15) is 11.2 Å². The van der Waals surface area contributed by atoms with Crippen molar-refractivity contribution in [3.63, 3.8) is 0 Å². The minimum Gasteiger partial charge on any atom is -0.468 e. The second-order valence-corrected chi connectivity index (χ2v) is 7.75. The van der Waals surface area contributed by atoms with Crippen LogP contribution in [0.3, 0.4) is 0 Å². The number of rotatable bonds is 3. The Morgan fingerprint density at radius 3 is 2.86 bits per heavy atom. The fraction of sp³-hybridized carbons (Fsp3) is 0.320. The molecule has 3 heteroatoms. The number of aryl methyl sites for hydroxylation is 1. The first kappa shape index (κ1) is 18.7. The van der Waals surface area contributed by atoms with Crippen LogP contribution in [-0.2, 0) is 21.4 Å². The number of halogens is 1. The second kappa shape index (κ2) is 7.38. The van der Waals surface area contributed by atoms with Gasteiger partial charge in [-0.2, -0.15) is 0 Å². The number of carbonyl (C=O) groups is 1. The monoisotopic (exact) mass is 376 g/mol. The average molecular weight is 376 g/mol. The molecule has 0 unspecified atom stereocenters. The second-order valence-electron chi connectivity index (χ2n) is 7.75. The maximum absolute atomic E-state index is 14.2. The number of methoxy groups -OCH3 is 1. The highest BCUT2D eigenvalue weighted by atomic mass is 19.1. The molecule has 0 spiro atoms. The van der Waals surface area contributed by atoms with Crippen molar-refractivity contribution in [2.45, 2.75) is 44.4 Å². The van der Waals surface area contributed by atoms with Crippen LogP contribution in [0.4, 0.5) is 4.39 Å². The van der Waals surface area contributed by atoms with E-state index in [4.69, 9.17) is 4.74 Å². The van der Waals surface area contributed by atoms with Gasteiger partial charge in [-0.1, -0.05) is 42.5 Å². The van der Waals surface area contributed by atoms with Crippen molar-refractivity contribution in [1.29, 1.82) is 0 Å². The Bertz CT molecular complexity index is 986. The molecule has 0 saturated heterocycles. The average Bonchev–Trinajstić information content (AvgIpc) is 3.03. The van der Waals surface area contributed by atoms with Crippen molar-refractivity contribution in [3.8, 4) is 0 Å². The van der Waals surface area contributed by atoms with E-state index >= 15 is 0 Å². The number of ether oxygens (including phenoxy) is 1. The van der Waals surface area contributed by atoms with Crippen LogP contribution in [0.1, 0.15) is 53.5 Å². The van der Waals surface area contributed by atoms with E-state index < -0.39 is 5.41 Å². The van der Waals surface area contributed by atoms with Crippen LogP contribution in [0.15, 0.2) is 48.6 Å². The molecule has 144 valence electrons. The summed E-state index contributed by atoms with van der Waals surface area (Å²) in [6.45, 7) is 1.73. The normalized spacial score (nSPS) is 21.0. The first-order chi connectivity index (χ1) is 13.5. The topological polar surface area (TPSA) is 26.3 Å². The van der Waals surface area contributed by atoms with Gasteiger partial charge in [0.25, 0.3) is 0 Å². The lowest BCUT2D eigenvalue weighted by Gasteiger charge is -2.26. The Kier molecular flexibility index (Phi) is 4.92. The molecule has 2 aliphatic carbocycles. The highest BCUT2D eigenvalue weighted by Crippen LogP contribution is 2.45. The molecule has 0 saturated carbocycles. The molecule has 0 bridgehead atoms. The Morgan fingerprint density at radius 1 is 1.18 bits per heavy atom. The van der Waals surface area contributed by atoms with E-state index in [9.17, 15) is 9.18 Å². The van der Waals surface area contributed by atoms with Crippen molar-refractivity contribution in [2.75, 3.05) is 7.11 Å². The maximum Gasteiger partial charge on any atom is 0.320 e. The lowest BCUT2D eigenvalue weighted by molar-refractivity contribution is -0.145. The largest absolute Gasteiger partial charge is 0.468 e. The molecule has 4 rings (SSSR count). The lowest BCUT2D eigenvalue weighted by atomic mass is 9.77. The van der Waals surface area contributed by atoms with Gasteiger partial charge < -0.3 is 4.74 Å². The number of hydrogen-bond donors (Lipinski definition) is 0. The zero-order valence-electron chi connectivity index (χ0n) is 16.4. The number of esters is 1. The van der Waals surface area contributed by atoms with E-state index in [2.05, 4.69) is 30.4 Å². The Morgan fingerprint density at radius 2 is 2.04 bits per heavy atom. The summed E-state index contributed by atoms with van der Waals surface area (Å²) < 4.78 is 19.4. The van der Waals surface area contributed by atoms with E-state index in [0.29, 0.717) is 17.5 Å². The van der Waals surface area contributed by atoms with Gasteiger partial charge in [0, 0.05) is 0 Å². The predicted molar refractivity (Wildman–Crippen MR) is 110 cm³/mol. The summed E-state index contributed by atoms with van der Waals surface area (Å²) in [5, 5.41) is 0. The van der Waals surface area contributed by atoms with Crippen LogP contribution >= 0.6 is 0 Å². The molecular formula is C25H25FO2. The lowest BCUT2D eigenvalue weighted by Crippen LogP contribution is -2.34. The number of carbonyl (C=O) groups excluding carboxylic acids is 1. The van der Waals surface area contributed by atoms with E-state index in [1.165, 1.54) is 30.7 Å². The number of allylic oxidation sites excluding steroid dienone is 2. The molecule has 0 fully saturated rings. The van der Waals surface area contributed by atoms with Gasteiger partial charge >= 0.3 is 5.97 Å². The standard InChI is InChI=1S/C25H25FO2/c1-17-22(9-6-10-23(17)26)25(24(27)28-2)14-13-21(16-25)20-12-11-18-7-4-3-5-8-19(18)15-20/h5-6,8-12,15-16H,3-4,7,13-14H2,1-2H3/t25-/m0/s1. The van der Waals surface area contributed by atoms with E-state index in [-0.39, 0.29) is 11.8 Å². The smallest absolute Gasteiger partial charge is 0.320 e. The van der Waals surface area contributed by atoms with Crippen LogP contribution in [0.2, 0.25) is 0 Å². The molecule has 0 heterocycles. The van der Waals surface area contributed by atoms with Gasteiger partial charge in [-0.15, -0.1) is 0 Å². The van der Waals surface area contributed by atoms with Crippen LogP contribution in [0, 0.1) is 12.7 Å². The minimum atomic E-state index is -0.932. The quantitative estimate of drug-likeness (QED) is 0.636. The zero-order chi connectivity index (χ0) is 19.7. The highest BCUT2D eigenvalue weighted by Gasteiger charge is 2.44. The van der Waals surface area contributed by atoms with Gasteiger partial charge in [-0.05, 0) is 84.6 Å². The fourth-order valence-corrected chi connectivity index (χ4v) is 4.56. The summed E-state index contributed by atoms with van der Waals surface area (Å²) in [6.07, 6.45) is 11.2. The summed E-state index contributed by atoms with van der Waals surface area (Å²) >= 11 is 0. The van der Waals surface area contributed by atoms with Gasteiger partial charge in [0.05, 0.1) is 7.11 Å². The van der Waals surface area contributed by atoms with Crippen molar-refractivity contribution >= 4 is 17.6 Å². The Hall–Kier alpha value is -2.68. The van der Waals surface area contributed by atoms with Crippen molar-refractivity contribution < 1.29 is 13.9 Å². The van der Waals surface area contributed by atoms with Crippen LogP contribution in [0.25, 0.3) is 11.6 Å².